The zero-order valence-corrected chi connectivity index (χ0v) is 11.7. The van der Waals surface area contributed by atoms with Crippen molar-refractivity contribution in [3.63, 3.8) is 0 Å². The number of rotatable bonds is 6. The van der Waals surface area contributed by atoms with E-state index < -0.39 is 24.2 Å². The predicted octanol–water partition coefficient (Wildman–Crippen LogP) is -1.09. The first-order chi connectivity index (χ1) is 10.4. The van der Waals surface area contributed by atoms with Crippen LogP contribution in [-0.2, 0) is 16.0 Å². The molecule has 0 fully saturated rings. The summed E-state index contributed by atoms with van der Waals surface area (Å²) in [6.45, 7) is 1.07. The van der Waals surface area contributed by atoms with E-state index in [4.69, 9.17) is 9.15 Å². The molecule has 0 amide bonds. The molecule has 0 atom stereocenters. The lowest BCUT2D eigenvalue weighted by molar-refractivity contribution is -0.308. The number of aryl methyl sites for hydroxylation is 1. The number of carbonyl (C=O) groups excluding carboxylic acids is 2. The Morgan fingerprint density at radius 3 is 2.59 bits per heavy atom. The third kappa shape index (κ3) is 3.43. The maximum absolute atomic E-state index is 11.9. The fraction of sp³-hybridized carbons (Fsp3) is 0.267. The van der Waals surface area contributed by atoms with Crippen LogP contribution < -0.4 is 20.6 Å². The maximum Gasteiger partial charge on any atom is 0.339 e. The summed E-state index contributed by atoms with van der Waals surface area (Å²) in [6.07, 6.45) is -0.251. The lowest BCUT2D eigenvalue weighted by Gasteiger charge is -2.10. The maximum atomic E-state index is 11.9. The number of hydrogen-bond acceptors (Lipinski definition) is 7. The number of carboxylic acid groups (broad SMARTS) is 2. The molecule has 7 nitrogen and oxygen atoms in total. The van der Waals surface area contributed by atoms with Gasteiger partial charge in [0.15, 0.2) is 0 Å². The first-order valence-corrected chi connectivity index (χ1v) is 6.47. The van der Waals surface area contributed by atoms with Crippen molar-refractivity contribution in [2.45, 2.75) is 19.8 Å². The molecule has 0 aliphatic heterocycles. The molecule has 0 saturated heterocycles. The summed E-state index contributed by atoms with van der Waals surface area (Å²) in [7, 11) is 0. The Hall–Kier alpha value is -2.83. The molecule has 0 radical (unpaired) electrons. The molecule has 1 aromatic carbocycles. The quantitative estimate of drug-likeness (QED) is 0.622. The lowest BCUT2D eigenvalue weighted by Crippen LogP contribution is -2.28. The molecule has 0 bridgehead atoms. The molecule has 0 unspecified atom stereocenters. The first-order valence-electron chi connectivity index (χ1n) is 6.47. The first kappa shape index (κ1) is 15.6. The molecule has 2 rings (SSSR count). The fourth-order valence-corrected chi connectivity index (χ4v) is 2.12. The van der Waals surface area contributed by atoms with Gasteiger partial charge in [0.05, 0.1) is 5.97 Å². The van der Waals surface area contributed by atoms with Gasteiger partial charge in [0.25, 0.3) is 0 Å². The van der Waals surface area contributed by atoms with Gasteiger partial charge >= 0.3 is 5.63 Å². The van der Waals surface area contributed by atoms with E-state index in [0.717, 1.165) is 0 Å². The van der Waals surface area contributed by atoms with Crippen LogP contribution in [0.4, 0.5) is 0 Å². The van der Waals surface area contributed by atoms with Gasteiger partial charge < -0.3 is 29.0 Å². The molecule has 1 heterocycles. The Balaban J connectivity index is 2.40. The third-order valence-electron chi connectivity index (χ3n) is 3.19. The molecular formula is C15H12O7-2. The van der Waals surface area contributed by atoms with Crippen LogP contribution in [0.5, 0.6) is 5.75 Å². The van der Waals surface area contributed by atoms with Gasteiger partial charge in [0.2, 0.25) is 0 Å². The van der Waals surface area contributed by atoms with Crippen molar-refractivity contribution in [3.8, 4) is 5.75 Å². The topological polar surface area (TPSA) is 120 Å². The van der Waals surface area contributed by atoms with Gasteiger partial charge in [-0.15, -0.1) is 0 Å². The molecule has 2 aromatic rings. The molecule has 22 heavy (non-hydrogen) atoms. The Labute approximate surface area is 124 Å². The van der Waals surface area contributed by atoms with E-state index in [1.807, 2.05) is 0 Å². The van der Waals surface area contributed by atoms with Crippen LogP contribution in [0, 0.1) is 6.92 Å². The van der Waals surface area contributed by atoms with E-state index in [9.17, 15) is 24.6 Å². The molecular weight excluding hydrogens is 292 g/mol. The fourth-order valence-electron chi connectivity index (χ4n) is 2.12. The van der Waals surface area contributed by atoms with Crippen molar-refractivity contribution in [1.29, 1.82) is 0 Å². The normalized spacial score (nSPS) is 10.6. The van der Waals surface area contributed by atoms with Crippen molar-refractivity contribution in [3.05, 3.63) is 39.7 Å². The summed E-state index contributed by atoms with van der Waals surface area (Å²) < 4.78 is 10.1. The molecule has 0 aliphatic rings. The minimum atomic E-state index is -1.37. The van der Waals surface area contributed by atoms with Crippen molar-refractivity contribution in [1.82, 2.24) is 0 Å². The second-order valence-electron chi connectivity index (χ2n) is 4.68. The van der Waals surface area contributed by atoms with Gasteiger partial charge in [-0.25, -0.2) is 4.79 Å². The molecule has 0 aliphatic carbocycles. The van der Waals surface area contributed by atoms with Crippen LogP contribution in [0.25, 0.3) is 11.0 Å². The molecule has 0 N–H and O–H groups in total. The smallest absolute Gasteiger partial charge is 0.339 e. The highest BCUT2D eigenvalue weighted by atomic mass is 16.5. The number of carboxylic acids is 2. The predicted molar refractivity (Wildman–Crippen MR) is 71.1 cm³/mol. The summed E-state index contributed by atoms with van der Waals surface area (Å²) >= 11 is 0. The Morgan fingerprint density at radius 2 is 1.95 bits per heavy atom. The average molecular weight is 304 g/mol. The monoisotopic (exact) mass is 304 g/mol. The van der Waals surface area contributed by atoms with Gasteiger partial charge in [-0.3, -0.25) is 0 Å². The molecule has 1 aromatic heterocycles. The minimum Gasteiger partial charge on any atom is -0.550 e. The average Bonchev–Trinajstić information content (AvgIpc) is 2.44. The number of aliphatic carboxylic acids is 2. The van der Waals surface area contributed by atoms with Crippen LogP contribution in [0.2, 0.25) is 0 Å². The molecule has 116 valence electrons. The van der Waals surface area contributed by atoms with Crippen LogP contribution in [0.3, 0.4) is 0 Å². The number of hydrogen-bond donors (Lipinski definition) is 0. The highest BCUT2D eigenvalue weighted by Gasteiger charge is 2.12. The molecule has 0 saturated carbocycles. The van der Waals surface area contributed by atoms with E-state index in [0.29, 0.717) is 10.9 Å². The van der Waals surface area contributed by atoms with Gasteiger partial charge in [0, 0.05) is 23.0 Å². The Morgan fingerprint density at radius 1 is 1.23 bits per heavy atom. The second-order valence-corrected chi connectivity index (χ2v) is 4.68. The summed E-state index contributed by atoms with van der Waals surface area (Å²) in [4.78, 5) is 32.8. The Kier molecular flexibility index (Phi) is 4.45. The summed E-state index contributed by atoms with van der Waals surface area (Å²) in [6, 6.07) is 4.54. The highest BCUT2D eigenvalue weighted by Crippen LogP contribution is 2.24. The zero-order valence-electron chi connectivity index (χ0n) is 11.7. The van der Waals surface area contributed by atoms with Crippen LogP contribution in [0.1, 0.15) is 17.5 Å². The van der Waals surface area contributed by atoms with Crippen molar-refractivity contribution in [2.24, 2.45) is 0 Å². The third-order valence-corrected chi connectivity index (χ3v) is 3.19. The summed E-state index contributed by atoms with van der Waals surface area (Å²) in [5, 5.41) is 21.5. The van der Waals surface area contributed by atoms with Crippen molar-refractivity contribution in [2.75, 3.05) is 6.61 Å². The van der Waals surface area contributed by atoms with E-state index in [1.165, 1.54) is 12.1 Å². The lowest BCUT2D eigenvalue weighted by atomic mass is 10.0. The van der Waals surface area contributed by atoms with Gasteiger partial charge in [0.1, 0.15) is 17.9 Å². The standard InChI is InChI=1S/C15H14O7/c1-8-10-3-2-9(21-7-14(18)19)6-12(10)22-15(20)11(8)4-5-13(16)17/h2-3,6H,4-5,7H2,1H3,(H,16,17)(H,18,19)/p-2. The molecule has 0 spiro atoms. The van der Waals surface area contributed by atoms with E-state index >= 15 is 0 Å². The number of ether oxygens (including phenoxy) is 1. The van der Waals surface area contributed by atoms with Gasteiger partial charge in [-0.1, -0.05) is 0 Å². The molecule has 7 heteroatoms. The largest absolute Gasteiger partial charge is 0.550 e. The SMILES string of the molecule is Cc1c(CCC(=O)[O-])c(=O)oc2cc(OCC(=O)[O-])ccc12. The van der Waals surface area contributed by atoms with Gasteiger partial charge in [-0.2, -0.15) is 0 Å². The van der Waals surface area contributed by atoms with E-state index in [1.54, 1.807) is 13.0 Å². The van der Waals surface area contributed by atoms with Crippen LogP contribution >= 0.6 is 0 Å². The number of benzene rings is 1. The summed E-state index contributed by atoms with van der Waals surface area (Å²) in [5.74, 6) is -2.39. The zero-order chi connectivity index (χ0) is 16.3. The van der Waals surface area contributed by atoms with Crippen molar-refractivity contribution >= 4 is 22.9 Å². The Bertz CT molecular complexity index is 788. The van der Waals surface area contributed by atoms with Gasteiger partial charge in [-0.05, 0) is 37.5 Å². The van der Waals surface area contributed by atoms with Crippen molar-refractivity contribution < 1.29 is 29.0 Å². The van der Waals surface area contributed by atoms with Crippen LogP contribution in [-0.4, -0.2) is 18.5 Å². The second kappa shape index (κ2) is 6.30. The highest BCUT2D eigenvalue weighted by molar-refractivity contribution is 5.82. The number of fused-ring (bicyclic) bond motifs is 1. The number of carbonyl (C=O) groups is 2. The van der Waals surface area contributed by atoms with E-state index in [-0.39, 0.29) is 29.7 Å². The summed E-state index contributed by atoms with van der Waals surface area (Å²) in [5.41, 5.74) is 0.484. The van der Waals surface area contributed by atoms with Crippen LogP contribution in [0.15, 0.2) is 27.4 Å². The minimum absolute atomic E-state index is 0.0232. The van der Waals surface area contributed by atoms with E-state index in [2.05, 4.69) is 0 Å².